The number of halogens is 1. The Labute approximate surface area is 160 Å². The molecule has 1 unspecified atom stereocenters. The highest BCUT2D eigenvalue weighted by atomic mass is 19.1. The predicted octanol–water partition coefficient (Wildman–Crippen LogP) is 1.36. The number of carbonyl (C=O) groups excluding carboxylic acids is 1. The van der Waals surface area contributed by atoms with E-state index in [0.29, 0.717) is 28.8 Å². The Morgan fingerprint density at radius 3 is 2.82 bits per heavy atom. The van der Waals surface area contributed by atoms with Crippen LogP contribution in [0.25, 0.3) is 22.3 Å². The van der Waals surface area contributed by atoms with Gasteiger partial charge < -0.3 is 15.7 Å². The largest absolute Gasteiger partial charge is 0.382 e. The third kappa shape index (κ3) is 3.12. The lowest BCUT2D eigenvalue weighted by molar-refractivity contribution is -0.137. The second-order valence-electron chi connectivity index (χ2n) is 6.61. The quantitative estimate of drug-likeness (QED) is 0.490. The molecule has 0 saturated carbocycles. The van der Waals surface area contributed by atoms with E-state index in [4.69, 9.17) is 5.73 Å². The van der Waals surface area contributed by atoms with Crippen LogP contribution in [-0.4, -0.2) is 50.1 Å². The van der Waals surface area contributed by atoms with Crippen molar-refractivity contribution in [2.75, 3.05) is 19.3 Å². The molecule has 4 rings (SSSR count). The van der Waals surface area contributed by atoms with Gasteiger partial charge in [0.25, 0.3) is 5.91 Å². The van der Waals surface area contributed by atoms with Crippen LogP contribution in [0.15, 0.2) is 36.4 Å². The number of pyridine rings is 1. The first-order chi connectivity index (χ1) is 13.4. The van der Waals surface area contributed by atoms with Gasteiger partial charge in [-0.3, -0.25) is 4.79 Å². The molecule has 140 valence electrons. The Bertz CT molecular complexity index is 1170. The van der Waals surface area contributed by atoms with Crippen molar-refractivity contribution < 1.29 is 14.3 Å². The van der Waals surface area contributed by atoms with Crippen LogP contribution in [0.5, 0.6) is 0 Å². The van der Waals surface area contributed by atoms with E-state index in [1.165, 1.54) is 4.90 Å². The minimum atomic E-state index is -1.65. The Balaban J connectivity index is 1.70. The van der Waals surface area contributed by atoms with Crippen molar-refractivity contribution in [3.63, 3.8) is 0 Å². The minimum absolute atomic E-state index is 0.0358. The molecule has 1 aromatic carbocycles. The Morgan fingerprint density at radius 2 is 2.07 bits per heavy atom. The molecule has 1 aliphatic heterocycles. The van der Waals surface area contributed by atoms with Gasteiger partial charge in [0.1, 0.15) is 5.52 Å². The van der Waals surface area contributed by atoms with E-state index in [2.05, 4.69) is 26.8 Å². The van der Waals surface area contributed by atoms with Gasteiger partial charge in [-0.15, -0.1) is 0 Å². The second kappa shape index (κ2) is 6.55. The summed E-state index contributed by atoms with van der Waals surface area (Å²) in [5, 5.41) is 10.4. The first kappa shape index (κ1) is 17.8. The summed E-state index contributed by atoms with van der Waals surface area (Å²) in [6, 6.07) is 10.5. The molecule has 3 N–H and O–H groups in total. The summed E-state index contributed by atoms with van der Waals surface area (Å²) in [6.07, 6.45) is -0.626. The van der Waals surface area contributed by atoms with E-state index < -0.39 is 17.6 Å². The summed E-state index contributed by atoms with van der Waals surface area (Å²) in [5.41, 5.74) is 6.69. The Morgan fingerprint density at radius 1 is 1.25 bits per heavy atom. The molecule has 0 bridgehead atoms. The molecule has 1 atom stereocenters. The van der Waals surface area contributed by atoms with Gasteiger partial charge in [-0.1, -0.05) is 24.0 Å². The van der Waals surface area contributed by atoms with Crippen LogP contribution in [0.2, 0.25) is 0 Å². The highest BCUT2D eigenvalue weighted by Crippen LogP contribution is 2.24. The first-order valence-corrected chi connectivity index (χ1v) is 8.57. The number of nitrogens with two attached hydrogens (primary N) is 1. The molecule has 3 aromatic rings. The normalized spacial score (nSPS) is 19.0. The molecule has 3 heterocycles. The van der Waals surface area contributed by atoms with Gasteiger partial charge in [0.15, 0.2) is 5.82 Å². The van der Waals surface area contributed by atoms with Gasteiger partial charge in [-0.05, 0) is 24.3 Å². The number of anilines is 1. The number of nitrogen functional groups attached to an aromatic ring is 1. The molecule has 28 heavy (non-hydrogen) atoms. The fraction of sp³-hybridized carbons (Fsp3) is 0.200. The average molecular weight is 377 g/mol. The summed E-state index contributed by atoms with van der Waals surface area (Å²) in [5.74, 6) is 5.13. The van der Waals surface area contributed by atoms with Crippen molar-refractivity contribution >= 4 is 22.8 Å². The van der Waals surface area contributed by atoms with Crippen LogP contribution in [0.4, 0.5) is 10.2 Å². The maximum Gasteiger partial charge on any atom is 0.311 e. The van der Waals surface area contributed by atoms with Gasteiger partial charge in [0, 0.05) is 31.1 Å². The molecular weight excluding hydrogens is 361 g/mol. The lowest BCUT2D eigenvalue weighted by atomic mass is 10.0. The standard InChI is InChI=1S/C20H16FN5O2/c1-26-10-9-20(28,18(26)27)8-7-12-3-2-4-13(11-12)14-5-6-15-16(23-14)17(22)25-19(21)24-15/h2-6,11,28H,9-10H2,1H3,(H2,22,24,25). The third-order valence-corrected chi connectivity index (χ3v) is 4.62. The summed E-state index contributed by atoms with van der Waals surface area (Å²) < 4.78 is 13.3. The fourth-order valence-corrected chi connectivity index (χ4v) is 3.07. The van der Waals surface area contributed by atoms with Crippen molar-refractivity contribution in [1.82, 2.24) is 19.9 Å². The zero-order valence-corrected chi connectivity index (χ0v) is 15.0. The maximum absolute atomic E-state index is 13.3. The monoisotopic (exact) mass is 377 g/mol. The molecule has 8 heteroatoms. The number of aromatic nitrogens is 3. The fourth-order valence-electron chi connectivity index (χ4n) is 3.07. The van der Waals surface area contributed by atoms with Crippen LogP contribution >= 0.6 is 0 Å². The second-order valence-corrected chi connectivity index (χ2v) is 6.61. The molecule has 1 amide bonds. The highest BCUT2D eigenvalue weighted by Gasteiger charge is 2.42. The molecule has 0 spiro atoms. The summed E-state index contributed by atoms with van der Waals surface area (Å²) in [4.78, 5) is 25.1. The Hall–Kier alpha value is -3.57. The number of hydrogen-bond donors (Lipinski definition) is 2. The topological polar surface area (TPSA) is 105 Å². The van der Waals surface area contributed by atoms with Crippen LogP contribution in [0.1, 0.15) is 12.0 Å². The van der Waals surface area contributed by atoms with Crippen LogP contribution < -0.4 is 5.73 Å². The number of amides is 1. The molecule has 1 fully saturated rings. The van der Waals surface area contributed by atoms with E-state index in [-0.39, 0.29) is 12.2 Å². The van der Waals surface area contributed by atoms with E-state index in [1.54, 1.807) is 37.4 Å². The van der Waals surface area contributed by atoms with Crippen molar-refractivity contribution in [3.05, 3.63) is 48.0 Å². The summed E-state index contributed by atoms with van der Waals surface area (Å²) in [7, 11) is 1.63. The predicted molar refractivity (Wildman–Crippen MR) is 101 cm³/mol. The first-order valence-electron chi connectivity index (χ1n) is 8.57. The summed E-state index contributed by atoms with van der Waals surface area (Å²) in [6.45, 7) is 0.467. The number of carbonyl (C=O) groups is 1. The van der Waals surface area contributed by atoms with E-state index in [1.807, 2.05) is 6.07 Å². The molecule has 1 saturated heterocycles. The van der Waals surface area contributed by atoms with Crippen LogP contribution in [0, 0.1) is 17.9 Å². The van der Waals surface area contributed by atoms with Crippen LogP contribution in [0.3, 0.4) is 0 Å². The van der Waals surface area contributed by atoms with Crippen molar-refractivity contribution in [2.45, 2.75) is 12.0 Å². The lowest BCUT2D eigenvalue weighted by Crippen LogP contribution is -2.37. The average Bonchev–Trinajstić information content (AvgIpc) is 2.94. The third-order valence-electron chi connectivity index (χ3n) is 4.62. The maximum atomic E-state index is 13.3. The van der Waals surface area contributed by atoms with Gasteiger partial charge in [-0.2, -0.15) is 9.37 Å². The smallest absolute Gasteiger partial charge is 0.311 e. The van der Waals surface area contributed by atoms with Crippen LogP contribution in [-0.2, 0) is 4.79 Å². The number of likely N-dealkylation sites (N-methyl/N-ethyl adjacent to an activating group) is 1. The molecular formula is C20H16FN5O2. The zero-order chi connectivity index (χ0) is 19.9. The molecule has 0 aliphatic carbocycles. The number of benzene rings is 1. The van der Waals surface area contributed by atoms with E-state index in [9.17, 15) is 14.3 Å². The molecule has 1 aliphatic rings. The number of likely N-dealkylation sites (tertiary alicyclic amines) is 1. The number of fused-ring (bicyclic) bond motifs is 1. The number of aliphatic hydroxyl groups is 1. The summed E-state index contributed by atoms with van der Waals surface area (Å²) >= 11 is 0. The number of hydrogen-bond acceptors (Lipinski definition) is 6. The number of rotatable bonds is 1. The van der Waals surface area contributed by atoms with E-state index >= 15 is 0 Å². The van der Waals surface area contributed by atoms with Crippen molar-refractivity contribution in [3.8, 4) is 23.1 Å². The van der Waals surface area contributed by atoms with Gasteiger partial charge >= 0.3 is 6.08 Å². The molecule has 2 aromatic heterocycles. The van der Waals surface area contributed by atoms with Gasteiger partial charge in [0.2, 0.25) is 5.60 Å². The van der Waals surface area contributed by atoms with E-state index in [0.717, 1.165) is 5.56 Å². The molecule has 7 nitrogen and oxygen atoms in total. The highest BCUT2D eigenvalue weighted by molar-refractivity contribution is 5.90. The number of nitrogens with zero attached hydrogens (tertiary/aromatic N) is 4. The minimum Gasteiger partial charge on any atom is -0.382 e. The molecule has 0 radical (unpaired) electrons. The zero-order valence-electron chi connectivity index (χ0n) is 15.0. The van der Waals surface area contributed by atoms with Gasteiger partial charge in [0.05, 0.1) is 11.2 Å². The van der Waals surface area contributed by atoms with Crippen molar-refractivity contribution in [1.29, 1.82) is 0 Å². The lowest BCUT2D eigenvalue weighted by Gasteiger charge is -2.13. The SMILES string of the molecule is CN1CCC(O)(C#Cc2cccc(-c3ccc4nc(F)nc(N)c4n3)c2)C1=O. The van der Waals surface area contributed by atoms with Crippen molar-refractivity contribution in [2.24, 2.45) is 0 Å². The van der Waals surface area contributed by atoms with Gasteiger partial charge in [-0.25, -0.2) is 9.97 Å². The Kier molecular flexibility index (Phi) is 4.17.